The number of benzene rings is 4. The van der Waals surface area contributed by atoms with E-state index in [1.807, 2.05) is 66.7 Å². The molecule has 9 nitrogen and oxygen atoms in total. The minimum Gasteiger partial charge on any atom is -0.384 e. The normalized spacial score (nSPS) is 15.9. The molecule has 5 N–H and O–H groups in total. The Balaban J connectivity index is 1.15. The zero-order valence-electron chi connectivity index (χ0n) is 22.9. The Bertz CT molecular complexity index is 2020. The average molecular weight is 578 g/mol. The molecular weight excluding hydrogens is 546 g/mol. The number of nitrogens with one attached hydrogen (secondary N) is 3. The van der Waals surface area contributed by atoms with Crippen molar-refractivity contribution in [2.75, 3.05) is 13.1 Å². The summed E-state index contributed by atoms with van der Waals surface area (Å²) in [6.07, 6.45) is 2.26. The Morgan fingerprint density at radius 2 is 1.52 bits per heavy atom. The van der Waals surface area contributed by atoms with Crippen LogP contribution in [0.3, 0.4) is 0 Å². The highest BCUT2D eigenvalue weighted by atomic mass is 32.2. The van der Waals surface area contributed by atoms with Crippen LogP contribution in [-0.4, -0.2) is 51.6 Å². The largest absolute Gasteiger partial charge is 0.384 e. The third-order valence-corrected chi connectivity index (χ3v) is 10.3. The minimum absolute atomic E-state index is 0.00675. The van der Waals surface area contributed by atoms with Crippen molar-refractivity contribution >= 4 is 48.7 Å². The van der Waals surface area contributed by atoms with E-state index in [1.54, 1.807) is 22.5 Å². The van der Waals surface area contributed by atoms with E-state index < -0.39 is 10.0 Å². The number of rotatable bonds is 7. The van der Waals surface area contributed by atoms with Gasteiger partial charge >= 0.3 is 0 Å². The van der Waals surface area contributed by atoms with Gasteiger partial charge in [0, 0.05) is 18.7 Å². The molecular formula is C32H31N7O2S. The summed E-state index contributed by atoms with van der Waals surface area (Å²) in [7, 11) is -3.59. The third kappa shape index (κ3) is 4.82. The first-order valence-corrected chi connectivity index (χ1v) is 15.6. The van der Waals surface area contributed by atoms with E-state index in [4.69, 9.17) is 21.1 Å². The van der Waals surface area contributed by atoms with Crippen molar-refractivity contribution in [3.05, 3.63) is 102 Å². The lowest BCUT2D eigenvalue weighted by atomic mass is 9.87. The molecule has 42 heavy (non-hydrogen) atoms. The second-order valence-corrected chi connectivity index (χ2v) is 13.0. The lowest BCUT2D eigenvalue weighted by molar-refractivity contribution is 0.255. The number of nitrogen functional groups attached to an aromatic ring is 1. The molecule has 1 aliphatic rings. The topological polar surface area (TPSA) is 145 Å². The zero-order chi connectivity index (χ0) is 28.8. The number of nitrogens with two attached hydrogens (primary N) is 1. The summed E-state index contributed by atoms with van der Waals surface area (Å²) in [5, 5.41) is 9.74. The highest BCUT2D eigenvalue weighted by molar-refractivity contribution is 7.89. The van der Waals surface area contributed by atoms with Crippen LogP contribution in [0.2, 0.25) is 0 Å². The van der Waals surface area contributed by atoms with E-state index in [2.05, 4.69) is 9.97 Å². The van der Waals surface area contributed by atoms with Crippen LogP contribution in [0.1, 0.15) is 42.4 Å². The molecule has 0 spiro atoms. The van der Waals surface area contributed by atoms with Crippen molar-refractivity contribution in [1.29, 1.82) is 5.41 Å². The molecule has 0 saturated carbocycles. The Kier molecular flexibility index (Phi) is 6.52. The molecule has 4 aromatic carbocycles. The van der Waals surface area contributed by atoms with Gasteiger partial charge in [0.25, 0.3) is 0 Å². The standard InChI is InChI=1S/C32H31N7O2S/c33-30(34)23-10-12-28-29(19-23)38-32(37-28)25(31-35-26-7-3-4-8-27(26)36-31)17-20-13-15-39(16-14-20)42(40,41)24-11-9-21-5-1-2-6-22(21)18-24/h1-12,18-20,25H,13-17H2,(H3,33,34)(H,35,36)(H,37,38). The molecule has 7 rings (SSSR count). The van der Waals surface area contributed by atoms with E-state index in [1.165, 1.54) is 0 Å². The van der Waals surface area contributed by atoms with Gasteiger partial charge in [0.05, 0.1) is 32.9 Å². The highest BCUT2D eigenvalue weighted by Crippen LogP contribution is 2.35. The maximum atomic E-state index is 13.5. The molecule has 1 fully saturated rings. The lowest BCUT2D eigenvalue weighted by Gasteiger charge is -2.32. The van der Waals surface area contributed by atoms with Crippen molar-refractivity contribution in [1.82, 2.24) is 24.2 Å². The average Bonchev–Trinajstić information content (AvgIpc) is 3.64. The van der Waals surface area contributed by atoms with E-state index in [-0.39, 0.29) is 17.7 Å². The molecule has 2 aromatic heterocycles. The van der Waals surface area contributed by atoms with Gasteiger partial charge in [-0.2, -0.15) is 4.31 Å². The summed E-state index contributed by atoms with van der Waals surface area (Å²) >= 11 is 0. The van der Waals surface area contributed by atoms with Gasteiger partial charge < -0.3 is 15.7 Å². The molecule has 1 unspecified atom stereocenters. The van der Waals surface area contributed by atoms with Crippen LogP contribution in [0.4, 0.5) is 0 Å². The fraction of sp³-hybridized carbons (Fsp3) is 0.219. The van der Waals surface area contributed by atoms with Crippen molar-refractivity contribution in [3.8, 4) is 0 Å². The summed E-state index contributed by atoms with van der Waals surface area (Å²) in [6.45, 7) is 0.934. The van der Waals surface area contributed by atoms with Crippen LogP contribution in [-0.2, 0) is 10.0 Å². The number of fused-ring (bicyclic) bond motifs is 3. The third-order valence-electron chi connectivity index (χ3n) is 8.38. The van der Waals surface area contributed by atoms with Gasteiger partial charge in [-0.15, -0.1) is 0 Å². The van der Waals surface area contributed by atoms with E-state index in [0.29, 0.717) is 23.5 Å². The maximum absolute atomic E-state index is 13.5. The Morgan fingerprint density at radius 1 is 0.857 bits per heavy atom. The molecule has 1 atom stereocenters. The number of sulfonamides is 1. The SMILES string of the molecule is N=C(N)c1ccc2nc(C(CC3CCN(S(=O)(=O)c4ccc5ccccc5c4)CC3)c3nc4ccccc4[nH]3)[nH]c2c1. The van der Waals surface area contributed by atoms with Gasteiger partial charge in [0.2, 0.25) is 10.0 Å². The van der Waals surface area contributed by atoms with Crippen LogP contribution in [0.25, 0.3) is 32.8 Å². The number of piperidine rings is 1. The van der Waals surface area contributed by atoms with Crippen molar-refractivity contribution in [2.45, 2.75) is 30.1 Å². The Morgan fingerprint density at radius 3 is 2.26 bits per heavy atom. The van der Waals surface area contributed by atoms with Crippen LogP contribution in [0.5, 0.6) is 0 Å². The number of H-pyrrole nitrogens is 2. The van der Waals surface area contributed by atoms with Crippen molar-refractivity contribution < 1.29 is 8.42 Å². The molecule has 1 aliphatic heterocycles. The molecule has 1 saturated heterocycles. The molecule has 212 valence electrons. The number of hydrogen-bond acceptors (Lipinski definition) is 5. The van der Waals surface area contributed by atoms with Crippen LogP contribution < -0.4 is 5.73 Å². The van der Waals surface area contributed by atoms with Gasteiger partial charge in [0.1, 0.15) is 17.5 Å². The van der Waals surface area contributed by atoms with Crippen LogP contribution in [0, 0.1) is 11.3 Å². The molecule has 0 radical (unpaired) electrons. The minimum atomic E-state index is -3.59. The molecule has 0 aliphatic carbocycles. The van der Waals surface area contributed by atoms with Gasteiger partial charge in [-0.05, 0) is 78.4 Å². The summed E-state index contributed by atoms with van der Waals surface area (Å²) < 4.78 is 28.7. The van der Waals surface area contributed by atoms with Crippen LogP contribution >= 0.6 is 0 Å². The van der Waals surface area contributed by atoms with Gasteiger partial charge in [-0.25, -0.2) is 18.4 Å². The Labute approximate surface area is 243 Å². The van der Waals surface area contributed by atoms with E-state index in [0.717, 1.165) is 63.8 Å². The maximum Gasteiger partial charge on any atom is 0.243 e. The van der Waals surface area contributed by atoms with Gasteiger partial charge in [0.15, 0.2) is 0 Å². The van der Waals surface area contributed by atoms with Crippen LogP contribution in [0.15, 0.2) is 89.8 Å². The molecule has 0 bridgehead atoms. The predicted molar refractivity (Wildman–Crippen MR) is 165 cm³/mol. The van der Waals surface area contributed by atoms with E-state index in [9.17, 15) is 8.42 Å². The molecule has 0 amide bonds. The first kappa shape index (κ1) is 26.4. The smallest absolute Gasteiger partial charge is 0.243 e. The number of imidazole rings is 2. The summed E-state index contributed by atoms with van der Waals surface area (Å²) in [5.74, 6) is 1.77. The molecule has 6 aromatic rings. The number of amidine groups is 1. The number of para-hydroxylation sites is 2. The number of aromatic amines is 2. The number of nitrogens with zero attached hydrogens (tertiary/aromatic N) is 3. The first-order chi connectivity index (χ1) is 20.3. The van der Waals surface area contributed by atoms with E-state index >= 15 is 0 Å². The molecule has 10 heteroatoms. The predicted octanol–water partition coefficient (Wildman–Crippen LogP) is 5.50. The van der Waals surface area contributed by atoms with Gasteiger partial charge in [-0.3, -0.25) is 5.41 Å². The monoisotopic (exact) mass is 577 g/mol. The second kappa shape index (κ2) is 10.4. The fourth-order valence-corrected chi connectivity index (χ4v) is 7.55. The summed E-state index contributed by atoms with van der Waals surface area (Å²) in [6, 6.07) is 26.6. The summed E-state index contributed by atoms with van der Waals surface area (Å²) in [5.41, 5.74) is 9.82. The Hall–Kier alpha value is -4.54. The quantitative estimate of drug-likeness (QED) is 0.146. The highest BCUT2D eigenvalue weighted by Gasteiger charge is 2.32. The second-order valence-electron chi connectivity index (χ2n) is 11.1. The first-order valence-electron chi connectivity index (χ1n) is 14.1. The van der Waals surface area contributed by atoms with Crippen molar-refractivity contribution in [2.24, 2.45) is 11.7 Å². The summed E-state index contributed by atoms with van der Waals surface area (Å²) in [4.78, 5) is 17.1. The van der Waals surface area contributed by atoms with Crippen molar-refractivity contribution in [3.63, 3.8) is 0 Å². The fourth-order valence-electron chi connectivity index (χ4n) is 6.05. The number of hydrogen-bond donors (Lipinski definition) is 4. The number of aromatic nitrogens is 4. The zero-order valence-corrected chi connectivity index (χ0v) is 23.7. The molecule has 3 heterocycles. The lowest BCUT2D eigenvalue weighted by Crippen LogP contribution is -2.38. The van der Waals surface area contributed by atoms with Gasteiger partial charge in [-0.1, -0.05) is 42.5 Å².